The van der Waals surface area contributed by atoms with Crippen LogP contribution in [0.2, 0.25) is 5.02 Å². The van der Waals surface area contributed by atoms with Crippen molar-refractivity contribution in [2.75, 3.05) is 0 Å². The predicted octanol–water partition coefficient (Wildman–Crippen LogP) is 8.21. The maximum Gasteiger partial charge on any atom is 0.460 e. The van der Waals surface area contributed by atoms with Gasteiger partial charge in [-0.25, -0.2) is 4.98 Å². The van der Waals surface area contributed by atoms with Crippen LogP contribution in [0.5, 0.6) is 0 Å². The van der Waals surface area contributed by atoms with Gasteiger partial charge in [0.1, 0.15) is 0 Å². The Hall–Kier alpha value is -2.71. The maximum absolute atomic E-state index is 13.9. The average molecular weight is 533 g/mol. The Morgan fingerprint density at radius 1 is 0.706 bits per heavy atom. The second-order valence-corrected chi connectivity index (χ2v) is 7.24. The Kier molecular flexibility index (Phi) is 5.83. The quantitative estimate of drug-likeness (QED) is 0.338. The van der Waals surface area contributed by atoms with E-state index >= 15 is 0 Å². The summed E-state index contributed by atoms with van der Waals surface area (Å²) >= 11 is 5.82. The molecule has 1 heterocycles. The lowest BCUT2D eigenvalue weighted by Gasteiger charge is -2.26. The molecule has 0 amide bonds. The molecule has 3 rings (SSSR count). The lowest BCUT2D eigenvalue weighted by molar-refractivity contribution is -0.361. The summed E-state index contributed by atoms with van der Waals surface area (Å²) in [6, 6.07) is 1.56. The van der Waals surface area contributed by atoms with Crippen molar-refractivity contribution >= 4 is 22.6 Å². The average Bonchev–Trinajstić information content (AvgIpc) is 3.08. The Labute approximate surface area is 184 Å². The van der Waals surface area contributed by atoms with Gasteiger partial charge >= 0.3 is 30.4 Å². The Morgan fingerprint density at radius 2 is 1.29 bits per heavy atom. The number of alkyl halides is 13. The van der Waals surface area contributed by atoms with Crippen molar-refractivity contribution < 1.29 is 57.1 Å². The van der Waals surface area contributed by atoms with Crippen LogP contribution in [0.3, 0.4) is 0 Å². The van der Waals surface area contributed by atoms with E-state index < -0.39 is 74.5 Å². The van der Waals surface area contributed by atoms with E-state index in [0.717, 1.165) is 0 Å². The van der Waals surface area contributed by atoms with Crippen LogP contribution >= 0.6 is 11.6 Å². The monoisotopic (exact) mass is 532 g/mol. The van der Waals surface area contributed by atoms with Crippen molar-refractivity contribution in [1.82, 2.24) is 9.97 Å². The fourth-order valence-corrected chi connectivity index (χ4v) is 3.17. The zero-order valence-corrected chi connectivity index (χ0v) is 16.4. The van der Waals surface area contributed by atoms with Crippen molar-refractivity contribution in [3.63, 3.8) is 0 Å². The predicted molar refractivity (Wildman–Crippen MR) is 91.4 cm³/mol. The number of benzene rings is 2. The van der Waals surface area contributed by atoms with Gasteiger partial charge in [0.05, 0.1) is 27.2 Å². The largest absolute Gasteiger partial charge is 0.460 e. The van der Waals surface area contributed by atoms with Gasteiger partial charge in [-0.15, -0.1) is 0 Å². The lowest BCUT2D eigenvalue weighted by Crippen LogP contribution is -2.50. The molecule has 0 bridgehead atoms. The molecule has 2 aromatic carbocycles. The molecule has 0 aliphatic heterocycles. The third-order valence-electron chi connectivity index (χ3n) is 4.56. The molecule has 0 spiro atoms. The van der Waals surface area contributed by atoms with Crippen LogP contribution < -0.4 is 0 Å². The van der Waals surface area contributed by atoms with Gasteiger partial charge in [0.2, 0.25) is 0 Å². The molecule has 0 radical (unpaired) electrons. The van der Waals surface area contributed by atoms with E-state index in [9.17, 15) is 57.1 Å². The molecule has 1 aromatic heterocycles. The summed E-state index contributed by atoms with van der Waals surface area (Å²) in [5.74, 6) is -14.7. The third kappa shape index (κ3) is 4.25. The van der Waals surface area contributed by atoms with Gasteiger partial charge in [0.25, 0.3) is 0 Å². The molecule has 2 nitrogen and oxygen atoms in total. The highest BCUT2D eigenvalue weighted by Crippen LogP contribution is 2.51. The van der Waals surface area contributed by atoms with Gasteiger partial charge in [-0.05, 0) is 29.8 Å². The van der Waals surface area contributed by atoms with Gasteiger partial charge in [-0.3, -0.25) is 0 Å². The maximum atomic E-state index is 13.9. The first kappa shape index (κ1) is 25.9. The smallest absolute Gasteiger partial charge is 0.337 e. The van der Waals surface area contributed by atoms with Crippen LogP contribution in [0, 0.1) is 0 Å². The van der Waals surface area contributed by atoms with E-state index in [1.165, 1.54) is 4.98 Å². The number of aromatic amines is 1. The zero-order valence-electron chi connectivity index (χ0n) is 15.6. The number of hydrogen-bond acceptors (Lipinski definition) is 1. The normalized spacial score (nSPS) is 14.2. The molecular weight excluding hydrogens is 527 g/mol. The molecule has 34 heavy (non-hydrogen) atoms. The first-order valence-electron chi connectivity index (χ1n) is 8.49. The summed E-state index contributed by atoms with van der Waals surface area (Å²) < 4.78 is 170. The number of rotatable bonds is 3. The minimum atomic E-state index is -6.68. The molecule has 1 N–H and O–H groups in total. The molecule has 0 unspecified atom stereocenters. The molecule has 186 valence electrons. The van der Waals surface area contributed by atoms with Crippen molar-refractivity contribution in [3.8, 4) is 11.1 Å². The van der Waals surface area contributed by atoms with Crippen LogP contribution in [0.15, 0.2) is 30.3 Å². The Morgan fingerprint density at radius 3 is 1.79 bits per heavy atom. The molecule has 0 fully saturated rings. The van der Waals surface area contributed by atoms with Crippen molar-refractivity contribution in [3.05, 3.63) is 52.3 Å². The molecule has 0 saturated carbocycles. The topological polar surface area (TPSA) is 28.7 Å². The van der Waals surface area contributed by atoms with Gasteiger partial charge < -0.3 is 4.98 Å². The summed E-state index contributed by atoms with van der Waals surface area (Å²) in [6.45, 7) is 0. The highest BCUT2D eigenvalue weighted by atomic mass is 35.5. The second-order valence-electron chi connectivity index (χ2n) is 6.84. The summed E-state index contributed by atoms with van der Waals surface area (Å²) in [5, 5.41) is -0.682. The summed E-state index contributed by atoms with van der Waals surface area (Å²) in [5.41, 5.74) is -6.60. The van der Waals surface area contributed by atoms with Crippen molar-refractivity contribution in [2.24, 2.45) is 0 Å². The van der Waals surface area contributed by atoms with Gasteiger partial charge in [0.15, 0.2) is 5.82 Å². The van der Waals surface area contributed by atoms with E-state index in [1.54, 1.807) is 0 Å². The molecular formula is C18H6ClF13N2. The van der Waals surface area contributed by atoms with Crippen molar-refractivity contribution in [2.45, 2.75) is 30.4 Å². The van der Waals surface area contributed by atoms with E-state index in [0.29, 0.717) is 18.2 Å². The number of aromatic nitrogens is 2. The number of H-pyrrole nitrogens is 1. The highest BCUT2D eigenvalue weighted by Gasteiger charge is 2.74. The first-order chi connectivity index (χ1) is 15.2. The molecule has 3 aromatic rings. The fraction of sp³-hybridized carbons (Fsp3) is 0.278. The lowest BCUT2D eigenvalue weighted by atomic mass is 9.96. The van der Waals surface area contributed by atoms with Gasteiger partial charge in [0, 0.05) is 5.56 Å². The number of hydrogen-bond donors (Lipinski definition) is 1. The number of nitrogens with zero attached hydrogens (tertiary/aromatic N) is 1. The van der Waals surface area contributed by atoms with Crippen LogP contribution in [-0.4, -0.2) is 22.1 Å². The molecule has 0 saturated heterocycles. The summed E-state index contributed by atoms with van der Waals surface area (Å²) in [7, 11) is 0. The Bertz CT molecular complexity index is 1240. The van der Waals surface area contributed by atoms with E-state index in [4.69, 9.17) is 11.6 Å². The zero-order chi connectivity index (χ0) is 26.1. The van der Waals surface area contributed by atoms with Crippen LogP contribution in [0.25, 0.3) is 22.2 Å². The highest BCUT2D eigenvalue weighted by molar-refractivity contribution is 6.34. The fourth-order valence-electron chi connectivity index (χ4n) is 2.90. The Balaban J connectivity index is 2.22. The van der Waals surface area contributed by atoms with E-state index in [-0.39, 0.29) is 12.1 Å². The number of fused-ring (bicyclic) bond motifs is 1. The molecule has 0 atom stereocenters. The van der Waals surface area contributed by atoms with E-state index in [1.807, 2.05) is 0 Å². The molecule has 0 aliphatic rings. The minimum absolute atomic E-state index is 0.232. The number of halogens is 14. The number of imidazole rings is 1. The number of nitrogens with one attached hydrogen (secondary N) is 1. The minimum Gasteiger partial charge on any atom is -0.337 e. The standard InChI is InChI=1S/C18H6ClF13N2/c19-10-5-12-11(33-13(34-12)14(20,21)17(28,29)18(30,31)32)4-8(10)7-2-1-6(15(22,23)24)3-9(7)16(25,26)27/h1-5H,(H,33,34). The van der Waals surface area contributed by atoms with Gasteiger partial charge in [-0.2, -0.15) is 57.1 Å². The van der Waals surface area contributed by atoms with Crippen LogP contribution in [-0.2, 0) is 18.3 Å². The SMILES string of the molecule is FC(F)(F)c1ccc(-c2cc3nc(C(F)(F)C(F)(F)C(F)(F)F)[nH]c3cc2Cl)c(C(F)(F)F)c1. The van der Waals surface area contributed by atoms with Crippen LogP contribution in [0.4, 0.5) is 57.1 Å². The summed E-state index contributed by atoms with van der Waals surface area (Å²) in [4.78, 5) is 4.45. The first-order valence-corrected chi connectivity index (χ1v) is 8.86. The summed E-state index contributed by atoms with van der Waals surface area (Å²) in [6.07, 6.45) is -17.2. The van der Waals surface area contributed by atoms with Crippen molar-refractivity contribution in [1.29, 1.82) is 0 Å². The second kappa shape index (κ2) is 7.65. The van der Waals surface area contributed by atoms with Gasteiger partial charge in [-0.1, -0.05) is 17.7 Å². The molecule has 16 heteroatoms. The van der Waals surface area contributed by atoms with Crippen LogP contribution in [0.1, 0.15) is 17.0 Å². The van der Waals surface area contributed by atoms with E-state index in [2.05, 4.69) is 4.98 Å². The third-order valence-corrected chi connectivity index (χ3v) is 4.87. The molecule has 0 aliphatic carbocycles.